The van der Waals surface area contributed by atoms with Crippen LogP contribution in [0.25, 0.3) is 10.9 Å². The third kappa shape index (κ3) is 1.65. The number of aryl methyl sites for hydroxylation is 2. The second-order valence-electron chi connectivity index (χ2n) is 5.67. The fourth-order valence-electron chi connectivity index (χ4n) is 3.52. The molecule has 0 saturated carbocycles. The highest BCUT2D eigenvalue weighted by molar-refractivity contribution is 6.11. The third-order valence-electron chi connectivity index (χ3n) is 4.50. The Bertz CT molecular complexity index is 650. The van der Waals surface area contributed by atoms with Gasteiger partial charge in [0.1, 0.15) is 0 Å². The fraction of sp³-hybridized carbons (Fsp3) is 0.438. The molecule has 2 aliphatic heterocycles. The first-order valence-corrected chi connectivity index (χ1v) is 7.23. The van der Waals surface area contributed by atoms with E-state index in [1.807, 2.05) is 0 Å². The van der Waals surface area contributed by atoms with Gasteiger partial charge >= 0.3 is 0 Å². The second-order valence-corrected chi connectivity index (χ2v) is 5.67. The summed E-state index contributed by atoms with van der Waals surface area (Å²) < 4.78 is 2.25. The number of nitrogens with one attached hydrogen (secondary N) is 1. The number of hydrogen-bond acceptors (Lipinski definition) is 2. The SMILES string of the molecule is O=C(c1cn2c3c(cccc13)CC2)C1CCCCN1. The van der Waals surface area contributed by atoms with Crippen molar-refractivity contribution < 1.29 is 4.79 Å². The van der Waals surface area contributed by atoms with Crippen LogP contribution in [0.4, 0.5) is 0 Å². The van der Waals surface area contributed by atoms with Gasteiger partial charge in [-0.2, -0.15) is 0 Å². The summed E-state index contributed by atoms with van der Waals surface area (Å²) in [6.45, 7) is 1.99. The summed E-state index contributed by atoms with van der Waals surface area (Å²) in [5, 5.41) is 4.51. The summed E-state index contributed by atoms with van der Waals surface area (Å²) in [6.07, 6.45) is 6.50. The van der Waals surface area contributed by atoms with Gasteiger partial charge in [0.2, 0.25) is 0 Å². The molecule has 98 valence electrons. The standard InChI is InChI=1S/C16H18N2O/c19-16(14-6-1-2-8-17-14)13-10-18-9-7-11-4-3-5-12(13)15(11)18/h3-5,10,14,17H,1-2,6-9H2. The Kier molecular flexibility index (Phi) is 2.49. The van der Waals surface area contributed by atoms with E-state index in [9.17, 15) is 4.79 Å². The molecule has 1 fully saturated rings. The number of ketones is 1. The van der Waals surface area contributed by atoms with Crippen molar-refractivity contribution in [1.29, 1.82) is 0 Å². The molecule has 0 spiro atoms. The van der Waals surface area contributed by atoms with Crippen LogP contribution >= 0.6 is 0 Å². The molecule has 2 aromatic rings. The summed E-state index contributed by atoms with van der Waals surface area (Å²) >= 11 is 0. The normalized spacial score (nSPS) is 22.0. The molecule has 1 aromatic heterocycles. The Morgan fingerprint density at radius 3 is 3.11 bits per heavy atom. The maximum Gasteiger partial charge on any atom is 0.181 e. The molecular weight excluding hydrogens is 236 g/mol. The minimum Gasteiger partial charge on any atom is -0.346 e. The summed E-state index contributed by atoms with van der Waals surface area (Å²) in [7, 11) is 0. The average Bonchev–Trinajstić information content (AvgIpc) is 3.05. The molecule has 1 saturated heterocycles. The molecule has 3 heterocycles. The van der Waals surface area contributed by atoms with Crippen molar-refractivity contribution >= 4 is 16.7 Å². The zero-order chi connectivity index (χ0) is 12.8. The molecule has 0 amide bonds. The van der Waals surface area contributed by atoms with Crippen LogP contribution in [0.15, 0.2) is 24.4 Å². The van der Waals surface area contributed by atoms with Gasteiger partial charge in [-0.1, -0.05) is 24.6 Å². The number of carbonyl (C=O) groups is 1. The molecule has 1 unspecified atom stereocenters. The van der Waals surface area contributed by atoms with Crippen molar-refractivity contribution in [3.63, 3.8) is 0 Å². The predicted octanol–water partition coefficient (Wildman–Crippen LogP) is 2.52. The topological polar surface area (TPSA) is 34.0 Å². The Morgan fingerprint density at radius 2 is 2.26 bits per heavy atom. The summed E-state index contributed by atoms with van der Waals surface area (Å²) in [4.78, 5) is 12.7. The van der Waals surface area contributed by atoms with Crippen molar-refractivity contribution in [3.8, 4) is 0 Å². The number of aromatic nitrogens is 1. The minimum atomic E-state index is 0.0240. The molecule has 1 N–H and O–H groups in total. The van der Waals surface area contributed by atoms with Crippen molar-refractivity contribution in [1.82, 2.24) is 9.88 Å². The Morgan fingerprint density at radius 1 is 1.32 bits per heavy atom. The van der Waals surface area contributed by atoms with Crippen molar-refractivity contribution in [3.05, 3.63) is 35.5 Å². The first-order valence-electron chi connectivity index (χ1n) is 7.23. The lowest BCUT2D eigenvalue weighted by molar-refractivity contribution is 0.0928. The Balaban J connectivity index is 1.79. The number of Topliss-reactive ketones (excluding diaryl/α,β-unsaturated/α-hetero) is 1. The number of carbonyl (C=O) groups excluding carboxylic acids is 1. The van der Waals surface area contributed by atoms with Gasteiger partial charge in [0.25, 0.3) is 0 Å². The van der Waals surface area contributed by atoms with Crippen molar-refractivity contribution in [2.75, 3.05) is 6.54 Å². The van der Waals surface area contributed by atoms with Gasteiger partial charge in [-0.25, -0.2) is 0 Å². The van der Waals surface area contributed by atoms with Gasteiger partial charge in [0, 0.05) is 23.7 Å². The number of rotatable bonds is 2. The number of benzene rings is 1. The average molecular weight is 254 g/mol. The molecule has 1 aromatic carbocycles. The number of piperidine rings is 1. The highest BCUT2D eigenvalue weighted by atomic mass is 16.1. The molecule has 1 atom stereocenters. The van der Waals surface area contributed by atoms with Gasteiger partial charge in [0.05, 0.1) is 11.6 Å². The van der Waals surface area contributed by atoms with Crippen LogP contribution in [0.3, 0.4) is 0 Å². The van der Waals surface area contributed by atoms with Crippen molar-refractivity contribution in [2.24, 2.45) is 0 Å². The quantitative estimate of drug-likeness (QED) is 0.836. The van der Waals surface area contributed by atoms with E-state index in [1.54, 1.807) is 0 Å². The van der Waals surface area contributed by atoms with E-state index in [0.29, 0.717) is 0 Å². The second kappa shape index (κ2) is 4.20. The largest absolute Gasteiger partial charge is 0.346 e. The van der Waals surface area contributed by atoms with Crippen LogP contribution in [0.2, 0.25) is 0 Å². The zero-order valence-corrected chi connectivity index (χ0v) is 11.0. The lowest BCUT2D eigenvalue weighted by Gasteiger charge is -2.21. The van der Waals surface area contributed by atoms with Crippen LogP contribution < -0.4 is 5.32 Å². The van der Waals surface area contributed by atoms with Crippen molar-refractivity contribution in [2.45, 2.75) is 38.3 Å². The third-order valence-corrected chi connectivity index (χ3v) is 4.50. The number of nitrogens with zero attached hydrogens (tertiary/aromatic N) is 1. The van der Waals surface area contributed by atoms with Crippen LogP contribution in [0.5, 0.6) is 0 Å². The van der Waals surface area contributed by atoms with Gasteiger partial charge in [-0.3, -0.25) is 4.79 Å². The predicted molar refractivity (Wildman–Crippen MR) is 75.6 cm³/mol. The summed E-state index contributed by atoms with van der Waals surface area (Å²) in [6, 6.07) is 6.38. The molecule has 19 heavy (non-hydrogen) atoms. The van der Waals surface area contributed by atoms with Gasteiger partial charge in [-0.15, -0.1) is 0 Å². The minimum absolute atomic E-state index is 0.0240. The smallest absolute Gasteiger partial charge is 0.181 e. The van der Waals surface area contributed by atoms with E-state index < -0.39 is 0 Å². The van der Waals surface area contributed by atoms with E-state index in [0.717, 1.165) is 43.3 Å². The maximum absolute atomic E-state index is 12.7. The maximum atomic E-state index is 12.7. The highest BCUT2D eigenvalue weighted by Crippen LogP contribution is 2.31. The van der Waals surface area contributed by atoms with E-state index in [-0.39, 0.29) is 11.8 Å². The lowest BCUT2D eigenvalue weighted by atomic mass is 9.95. The number of para-hydroxylation sites is 1. The van der Waals surface area contributed by atoms with E-state index in [2.05, 4.69) is 34.3 Å². The molecule has 3 nitrogen and oxygen atoms in total. The van der Waals surface area contributed by atoms with Crippen LogP contribution in [-0.4, -0.2) is 22.9 Å². The van der Waals surface area contributed by atoms with Gasteiger partial charge < -0.3 is 9.88 Å². The molecule has 2 aliphatic rings. The van der Waals surface area contributed by atoms with Gasteiger partial charge in [0.15, 0.2) is 5.78 Å². The van der Waals surface area contributed by atoms with Crippen LogP contribution in [0.1, 0.15) is 35.2 Å². The molecule has 0 radical (unpaired) electrons. The van der Waals surface area contributed by atoms with Crippen LogP contribution in [-0.2, 0) is 13.0 Å². The highest BCUT2D eigenvalue weighted by Gasteiger charge is 2.26. The van der Waals surface area contributed by atoms with Gasteiger partial charge in [-0.05, 0) is 31.4 Å². The molecule has 0 aliphatic carbocycles. The summed E-state index contributed by atoms with van der Waals surface area (Å²) in [5.41, 5.74) is 3.57. The Hall–Kier alpha value is -1.61. The molecular formula is C16H18N2O. The first kappa shape index (κ1) is 11.2. The zero-order valence-electron chi connectivity index (χ0n) is 11.0. The van der Waals surface area contributed by atoms with E-state index in [1.165, 1.54) is 17.5 Å². The summed E-state index contributed by atoms with van der Waals surface area (Å²) in [5.74, 6) is 0.280. The fourth-order valence-corrected chi connectivity index (χ4v) is 3.52. The molecule has 4 rings (SSSR count). The van der Waals surface area contributed by atoms with E-state index >= 15 is 0 Å². The molecule has 3 heteroatoms. The first-order chi connectivity index (χ1) is 9.34. The lowest BCUT2D eigenvalue weighted by Crippen LogP contribution is -2.40. The van der Waals surface area contributed by atoms with Crippen LogP contribution in [0, 0.1) is 0 Å². The Labute approximate surface area is 112 Å². The monoisotopic (exact) mass is 254 g/mol. The van der Waals surface area contributed by atoms with E-state index in [4.69, 9.17) is 0 Å². The molecule has 0 bridgehead atoms. The number of hydrogen-bond donors (Lipinski definition) is 1.